The van der Waals surface area contributed by atoms with Crippen LogP contribution >= 0.6 is 11.3 Å². The van der Waals surface area contributed by atoms with Crippen LogP contribution in [0.15, 0.2) is 17.5 Å². The van der Waals surface area contributed by atoms with Gasteiger partial charge in [0.15, 0.2) is 0 Å². The van der Waals surface area contributed by atoms with E-state index < -0.39 is 0 Å². The molecule has 0 aliphatic carbocycles. The average molecular weight is 255 g/mol. The fraction of sp³-hybridized carbons (Fsp3) is 0.615. The highest BCUT2D eigenvalue weighted by Crippen LogP contribution is 2.11. The lowest BCUT2D eigenvalue weighted by atomic mass is 10.2. The third-order valence-electron chi connectivity index (χ3n) is 2.81. The fourth-order valence-corrected chi connectivity index (χ4v) is 2.28. The third kappa shape index (κ3) is 5.33. The Kier molecular flexibility index (Phi) is 6.22. The molecule has 1 rings (SSSR count). The molecule has 0 radical (unpaired) electrons. The largest absolute Gasteiger partial charge is 0.466 e. The van der Waals surface area contributed by atoms with Crippen molar-refractivity contribution in [2.45, 2.75) is 32.7 Å². The third-order valence-corrected chi connectivity index (χ3v) is 3.75. The normalized spacial score (nSPS) is 12.7. The number of hydrogen-bond donors (Lipinski definition) is 0. The van der Waals surface area contributed by atoms with Crippen LogP contribution in [0.2, 0.25) is 0 Å². The van der Waals surface area contributed by atoms with Gasteiger partial charge in [-0.05, 0) is 38.8 Å². The second-order valence-corrected chi connectivity index (χ2v) is 5.20. The number of rotatable bonds is 7. The Morgan fingerprint density at radius 3 is 2.94 bits per heavy atom. The van der Waals surface area contributed by atoms with E-state index in [1.807, 2.05) is 6.92 Å². The van der Waals surface area contributed by atoms with E-state index in [2.05, 4.69) is 36.4 Å². The summed E-state index contributed by atoms with van der Waals surface area (Å²) in [6.45, 7) is 5.33. The van der Waals surface area contributed by atoms with Crippen molar-refractivity contribution in [1.82, 2.24) is 4.90 Å². The first-order valence-electron chi connectivity index (χ1n) is 6.01. The van der Waals surface area contributed by atoms with Crippen LogP contribution < -0.4 is 0 Å². The zero-order chi connectivity index (χ0) is 12.7. The number of ether oxygens (including phenoxy) is 1. The minimum Gasteiger partial charge on any atom is -0.466 e. The molecule has 0 spiro atoms. The molecule has 4 heteroatoms. The van der Waals surface area contributed by atoms with Crippen molar-refractivity contribution < 1.29 is 9.53 Å². The standard InChI is InChI=1S/C13H21NO2S/c1-4-16-13(15)10-11(2)14(3)8-7-12-6-5-9-17-12/h5-6,9,11H,4,7-8,10H2,1-3H3. The quantitative estimate of drug-likeness (QED) is 0.701. The second kappa shape index (κ2) is 7.45. The highest BCUT2D eigenvalue weighted by molar-refractivity contribution is 7.09. The summed E-state index contributed by atoms with van der Waals surface area (Å²) in [4.78, 5) is 14.9. The van der Waals surface area contributed by atoms with E-state index in [0.717, 1.165) is 13.0 Å². The summed E-state index contributed by atoms with van der Waals surface area (Å²) in [6, 6.07) is 4.45. The highest BCUT2D eigenvalue weighted by atomic mass is 32.1. The van der Waals surface area contributed by atoms with Crippen LogP contribution in [0.4, 0.5) is 0 Å². The average Bonchev–Trinajstić information content (AvgIpc) is 2.78. The molecule has 96 valence electrons. The van der Waals surface area contributed by atoms with Gasteiger partial charge < -0.3 is 9.64 Å². The van der Waals surface area contributed by atoms with Crippen molar-refractivity contribution >= 4 is 17.3 Å². The van der Waals surface area contributed by atoms with Crippen molar-refractivity contribution in [3.63, 3.8) is 0 Å². The molecule has 0 aliphatic rings. The van der Waals surface area contributed by atoms with Gasteiger partial charge in [-0.15, -0.1) is 11.3 Å². The summed E-state index contributed by atoms with van der Waals surface area (Å²) in [6.07, 6.45) is 1.51. The maximum absolute atomic E-state index is 11.3. The molecule has 0 aliphatic heterocycles. The molecule has 1 unspecified atom stereocenters. The summed E-state index contributed by atoms with van der Waals surface area (Å²) < 4.78 is 4.95. The molecule has 0 N–H and O–H groups in total. The van der Waals surface area contributed by atoms with Crippen LogP contribution in [0.25, 0.3) is 0 Å². The smallest absolute Gasteiger partial charge is 0.307 e. The van der Waals surface area contributed by atoms with Crippen molar-refractivity contribution in [3.05, 3.63) is 22.4 Å². The van der Waals surface area contributed by atoms with Crippen molar-refractivity contribution in [3.8, 4) is 0 Å². The molecule has 17 heavy (non-hydrogen) atoms. The molecule has 0 bridgehead atoms. The Morgan fingerprint density at radius 2 is 2.35 bits per heavy atom. The lowest BCUT2D eigenvalue weighted by Gasteiger charge is -2.23. The zero-order valence-electron chi connectivity index (χ0n) is 10.8. The number of nitrogens with zero attached hydrogens (tertiary/aromatic N) is 1. The fourth-order valence-electron chi connectivity index (χ4n) is 1.58. The number of carbonyl (C=O) groups excluding carboxylic acids is 1. The molecule has 1 atom stereocenters. The topological polar surface area (TPSA) is 29.5 Å². The van der Waals surface area contributed by atoms with Crippen LogP contribution in [-0.4, -0.2) is 37.1 Å². The monoisotopic (exact) mass is 255 g/mol. The van der Waals surface area contributed by atoms with Crippen molar-refractivity contribution in [2.75, 3.05) is 20.2 Å². The van der Waals surface area contributed by atoms with Crippen molar-refractivity contribution in [1.29, 1.82) is 0 Å². The van der Waals surface area contributed by atoms with E-state index >= 15 is 0 Å². The Labute approximate surface area is 107 Å². The van der Waals surface area contributed by atoms with Gasteiger partial charge in [0, 0.05) is 17.5 Å². The summed E-state index contributed by atoms with van der Waals surface area (Å²) in [5.41, 5.74) is 0. The van der Waals surface area contributed by atoms with Crippen LogP contribution in [0, 0.1) is 0 Å². The lowest BCUT2D eigenvalue weighted by molar-refractivity contribution is -0.144. The molecule has 3 nitrogen and oxygen atoms in total. The highest BCUT2D eigenvalue weighted by Gasteiger charge is 2.14. The molecule has 0 saturated carbocycles. The first-order chi connectivity index (χ1) is 8.13. The van der Waals surface area contributed by atoms with Crippen LogP contribution in [0.3, 0.4) is 0 Å². The predicted molar refractivity (Wildman–Crippen MR) is 71.4 cm³/mol. The number of carbonyl (C=O) groups is 1. The Balaban J connectivity index is 2.26. The van der Waals surface area contributed by atoms with Gasteiger partial charge in [0.25, 0.3) is 0 Å². The van der Waals surface area contributed by atoms with E-state index in [1.165, 1.54) is 4.88 Å². The van der Waals surface area contributed by atoms with Gasteiger partial charge in [-0.3, -0.25) is 4.79 Å². The van der Waals surface area contributed by atoms with Gasteiger partial charge >= 0.3 is 5.97 Å². The maximum atomic E-state index is 11.3. The van der Waals surface area contributed by atoms with Gasteiger partial charge in [0.05, 0.1) is 13.0 Å². The van der Waals surface area contributed by atoms with E-state index in [-0.39, 0.29) is 12.0 Å². The molecule has 1 aromatic rings. The first-order valence-corrected chi connectivity index (χ1v) is 6.89. The van der Waals surface area contributed by atoms with E-state index in [0.29, 0.717) is 13.0 Å². The van der Waals surface area contributed by atoms with Gasteiger partial charge in [-0.25, -0.2) is 0 Å². The maximum Gasteiger partial charge on any atom is 0.307 e. The van der Waals surface area contributed by atoms with E-state index in [9.17, 15) is 4.79 Å². The SMILES string of the molecule is CCOC(=O)CC(C)N(C)CCc1cccs1. The van der Waals surface area contributed by atoms with Crippen LogP contribution in [0.1, 0.15) is 25.1 Å². The number of thiophene rings is 1. The van der Waals surface area contributed by atoms with Gasteiger partial charge in [-0.2, -0.15) is 0 Å². The summed E-state index contributed by atoms with van der Waals surface area (Å²) in [5.74, 6) is -0.108. The van der Waals surface area contributed by atoms with Gasteiger partial charge in [0.2, 0.25) is 0 Å². The molecular weight excluding hydrogens is 234 g/mol. The number of esters is 1. The minimum atomic E-state index is -0.108. The van der Waals surface area contributed by atoms with Gasteiger partial charge in [-0.1, -0.05) is 6.07 Å². The van der Waals surface area contributed by atoms with Crippen LogP contribution in [-0.2, 0) is 16.0 Å². The molecule has 0 fully saturated rings. The molecule has 0 aromatic carbocycles. The summed E-state index contributed by atoms with van der Waals surface area (Å²) in [5, 5.41) is 2.09. The molecule has 0 amide bonds. The zero-order valence-corrected chi connectivity index (χ0v) is 11.6. The van der Waals surface area contributed by atoms with Crippen molar-refractivity contribution in [2.24, 2.45) is 0 Å². The second-order valence-electron chi connectivity index (χ2n) is 4.17. The Morgan fingerprint density at radius 1 is 1.59 bits per heavy atom. The van der Waals surface area contributed by atoms with E-state index in [4.69, 9.17) is 4.74 Å². The van der Waals surface area contributed by atoms with Crippen LogP contribution in [0.5, 0.6) is 0 Å². The minimum absolute atomic E-state index is 0.108. The van der Waals surface area contributed by atoms with Gasteiger partial charge in [0.1, 0.15) is 0 Å². The van der Waals surface area contributed by atoms with E-state index in [1.54, 1.807) is 11.3 Å². The molecule has 0 saturated heterocycles. The lowest BCUT2D eigenvalue weighted by Crippen LogP contribution is -2.33. The predicted octanol–water partition coefficient (Wildman–Crippen LogP) is 2.56. The number of hydrogen-bond acceptors (Lipinski definition) is 4. The number of likely N-dealkylation sites (N-methyl/N-ethyl adjacent to an activating group) is 1. The molecular formula is C13H21NO2S. The first kappa shape index (κ1) is 14.2. The summed E-state index contributed by atoms with van der Waals surface area (Å²) in [7, 11) is 2.05. The molecule has 1 heterocycles. The Bertz CT molecular complexity index is 324. The summed E-state index contributed by atoms with van der Waals surface area (Å²) >= 11 is 1.78. The molecule has 1 aromatic heterocycles. The Hall–Kier alpha value is -0.870.